The summed E-state index contributed by atoms with van der Waals surface area (Å²) in [5.74, 6) is -0.359. The number of aliphatic hydroxyl groups excluding tert-OH is 1. The van der Waals surface area contributed by atoms with Crippen LogP contribution in [0, 0.1) is 0 Å². The maximum Gasteiger partial charge on any atom is 0.308 e. The third-order valence-electron chi connectivity index (χ3n) is 1.21. The van der Waals surface area contributed by atoms with E-state index in [1.165, 1.54) is 0 Å². The number of carbonyl (C=O) groups is 1. The van der Waals surface area contributed by atoms with Crippen LogP contribution in [0.3, 0.4) is 0 Å². The Morgan fingerprint density at radius 2 is 2.17 bits per heavy atom. The Morgan fingerprint density at radius 1 is 1.58 bits per heavy atom. The summed E-state index contributed by atoms with van der Waals surface area (Å²) >= 11 is 0. The first-order chi connectivity index (χ1) is 5.56. The monoisotopic (exact) mass is 172 g/mol. The maximum absolute atomic E-state index is 10.8. The lowest BCUT2D eigenvalue weighted by Gasteiger charge is -2.05. The van der Waals surface area contributed by atoms with Gasteiger partial charge in [0.2, 0.25) is 0 Å². The van der Waals surface area contributed by atoms with Crippen LogP contribution in [0.2, 0.25) is 0 Å². The second-order valence-electron chi connectivity index (χ2n) is 2.82. The zero-order valence-corrected chi connectivity index (χ0v) is 7.83. The first-order valence-corrected chi connectivity index (χ1v) is 4.05. The van der Waals surface area contributed by atoms with Gasteiger partial charge >= 0.3 is 5.97 Å². The van der Waals surface area contributed by atoms with Crippen molar-refractivity contribution in [2.75, 3.05) is 6.61 Å². The van der Waals surface area contributed by atoms with Crippen molar-refractivity contribution in [3.63, 3.8) is 0 Å². The fourth-order valence-corrected chi connectivity index (χ4v) is 0.834. The van der Waals surface area contributed by atoms with Crippen LogP contribution in [-0.4, -0.2) is 23.8 Å². The summed E-state index contributed by atoms with van der Waals surface area (Å²) < 4.78 is 4.67. The van der Waals surface area contributed by atoms with Gasteiger partial charge in [0.05, 0.1) is 19.1 Å². The number of hydrogen-bond donors (Lipinski definition) is 1. The van der Waals surface area contributed by atoms with E-state index in [4.69, 9.17) is 0 Å². The summed E-state index contributed by atoms with van der Waals surface area (Å²) in [5.41, 5.74) is 0.992. The summed E-state index contributed by atoms with van der Waals surface area (Å²) in [6.45, 7) is 5.84. The molecule has 1 atom stereocenters. The Morgan fingerprint density at radius 3 is 2.58 bits per heavy atom. The van der Waals surface area contributed by atoms with Crippen LogP contribution in [0.25, 0.3) is 0 Å². The van der Waals surface area contributed by atoms with Gasteiger partial charge < -0.3 is 9.84 Å². The molecular weight excluding hydrogens is 156 g/mol. The number of hydrogen-bond acceptors (Lipinski definition) is 3. The number of carbonyl (C=O) groups excluding carboxylic acids is 1. The predicted molar refractivity (Wildman–Crippen MR) is 46.7 cm³/mol. The number of allylic oxidation sites excluding steroid dienone is 1. The van der Waals surface area contributed by atoms with E-state index in [-0.39, 0.29) is 12.4 Å². The van der Waals surface area contributed by atoms with Crippen LogP contribution in [0.1, 0.15) is 27.2 Å². The Labute approximate surface area is 73.0 Å². The van der Waals surface area contributed by atoms with Crippen molar-refractivity contribution in [3.05, 3.63) is 11.6 Å². The lowest BCUT2D eigenvalue weighted by molar-refractivity contribution is -0.144. The van der Waals surface area contributed by atoms with Crippen molar-refractivity contribution in [2.45, 2.75) is 33.3 Å². The lowest BCUT2D eigenvalue weighted by atomic mass is 10.2. The molecule has 0 radical (unpaired) electrons. The van der Waals surface area contributed by atoms with Gasteiger partial charge in [0.1, 0.15) is 0 Å². The molecule has 0 aliphatic heterocycles. The van der Waals surface area contributed by atoms with Gasteiger partial charge in [0.15, 0.2) is 0 Å². The molecule has 12 heavy (non-hydrogen) atoms. The Bertz CT molecular complexity index is 169. The van der Waals surface area contributed by atoms with Crippen LogP contribution in [0.4, 0.5) is 0 Å². The molecule has 0 aromatic heterocycles. The van der Waals surface area contributed by atoms with E-state index < -0.39 is 6.10 Å². The van der Waals surface area contributed by atoms with Gasteiger partial charge in [-0.05, 0) is 20.8 Å². The fraction of sp³-hybridized carbons (Fsp3) is 0.667. The summed E-state index contributed by atoms with van der Waals surface area (Å²) in [6, 6.07) is 0. The third kappa shape index (κ3) is 5.92. The van der Waals surface area contributed by atoms with Crippen LogP contribution >= 0.6 is 0 Å². The van der Waals surface area contributed by atoms with Gasteiger partial charge in [-0.25, -0.2) is 0 Å². The van der Waals surface area contributed by atoms with Gasteiger partial charge in [0, 0.05) is 0 Å². The minimum atomic E-state index is -0.714. The van der Waals surface area contributed by atoms with Crippen molar-refractivity contribution in [1.29, 1.82) is 0 Å². The molecule has 0 aromatic carbocycles. The molecule has 1 unspecified atom stereocenters. The molecule has 0 bridgehead atoms. The highest BCUT2D eigenvalue weighted by Gasteiger charge is 2.07. The topological polar surface area (TPSA) is 46.5 Å². The summed E-state index contributed by atoms with van der Waals surface area (Å²) in [7, 11) is 0. The normalized spacial score (nSPS) is 12.0. The summed E-state index contributed by atoms with van der Waals surface area (Å²) in [5, 5.41) is 9.24. The minimum Gasteiger partial charge on any atom is -0.466 e. The van der Waals surface area contributed by atoms with Crippen LogP contribution in [-0.2, 0) is 9.53 Å². The molecule has 0 rings (SSSR count). The smallest absolute Gasteiger partial charge is 0.308 e. The molecule has 0 fully saturated rings. The van der Waals surface area contributed by atoms with Gasteiger partial charge in [-0.15, -0.1) is 0 Å². The zero-order chi connectivity index (χ0) is 9.56. The average molecular weight is 172 g/mol. The van der Waals surface area contributed by atoms with E-state index in [0.29, 0.717) is 6.61 Å². The molecule has 0 aromatic rings. The predicted octanol–water partition coefficient (Wildman–Crippen LogP) is 1.27. The number of esters is 1. The van der Waals surface area contributed by atoms with Gasteiger partial charge in [0.25, 0.3) is 0 Å². The molecule has 1 N–H and O–H groups in total. The van der Waals surface area contributed by atoms with Crippen molar-refractivity contribution in [3.8, 4) is 0 Å². The summed E-state index contributed by atoms with van der Waals surface area (Å²) in [4.78, 5) is 10.8. The molecular formula is C9H16O3. The van der Waals surface area contributed by atoms with Crippen LogP contribution < -0.4 is 0 Å². The van der Waals surface area contributed by atoms with E-state index in [1.807, 2.05) is 13.8 Å². The SMILES string of the molecule is CCOC(=O)CC(O)C=C(C)C. The molecule has 0 aliphatic carbocycles. The molecule has 0 saturated heterocycles. The van der Waals surface area contributed by atoms with Crippen molar-refractivity contribution in [1.82, 2.24) is 0 Å². The molecule has 0 aliphatic rings. The van der Waals surface area contributed by atoms with E-state index in [2.05, 4.69) is 4.74 Å². The van der Waals surface area contributed by atoms with Crippen LogP contribution in [0.15, 0.2) is 11.6 Å². The van der Waals surface area contributed by atoms with Crippen molar-refractivity contribution in [2.24, 2.45) is 0 Å². The number of aliphatic hydroxyl groups is 1. The first-order valence-electron chi connectivity index (χ1n) is 4.05. The Hall–Kier alpha value is -0.830. The zero-order valence-electron chi connectivity index (χ0n) is 7.83. The maximum atomic E-state index is 10.8. The minimum absolute atomic E-state index is 0.0407. The van der Waals surface area contributed by atoms with Crippen molar-refractivity contribution >= 4 is 5.97 Å². The van der Waals surface area contributed by atoms with Crippen molar-refractivity contribution < 1.29 is 14.6 Å². The highest BCUT2D eigenvalue weighted by atomic mass is 16.5. The number of ether oxygens (including phenoxy) is 1. The average Bonchev–Trinajstić information content (AvgIpc) is 1.84. The molecule has 3 nitrogen and oxygen atoms in total. The standard InChI is InChI=1S/C9H16O3/c1-4-12-9(11)6-8(10)5-7(2)3/h5,8,10H,4,6H2,1-3H3. The van der Waals surface area contributed by atoms with Gasteiger partial charge in [-0.3, -0.25) is 4.79 Å². The molecule has 70 valence electrons. The van der Waals surface area contributed by atoms with E-state index >= 15 is 0 Å². The second kappa shape index (κ2) is 5.77. The Kier molecular flexibility index (Phi) is 5.37. The highest BCUT2D eigenvalue weighted by molar-refractivity contribution is 5.70. The second-order valence-corrected chi connectivity index (χ2v) is 2.82. The lowest BCUT2D eigenvalue weighted by Crippen LogP contribution is -2.13. The number of rotatable bonds is 4. The molecule has 3 heteroatoms. The Balaban J connectivity index is 3.76. The van der Waals surface area contributed by atoms with E-state index in [0.717, 1.165) is 5.57 Å². The van der Waals surface area contributed by atoms with E-state index in [1.54, 1.807) is 13.0 Å². The molecule has 0 amide bonds. The molecule has 0 saturated carbocycles. The van der Waals surface area contributed by atoms with Crippen LogP contribution in [0.5, 0.6) is 0 Å². The summed E-state index contributed by atoms with van der Waals surface area (Å²) in [6.07, 6.45) is 0.963. The largest absolute Gasteiger partial charge is 0.466 e. The fourth-order valence-electron chi connectivity index (χ4n) is 0.834. The molecule has 0 spiro atoms. The van der Waals surface area contributed by atoms with Gasteiger partial charge in [-0.1, -0.05) is 11.6 Å². The third-order valence-corrected chi connectivity index (χ3v) is 1.21. The van der Waals surface area contributed by atoms with E-state index in [9.17, 15) is 9.90 Å². The van der Waals surface area contributed by atoms with Gasteiger partial charge in [-0.2, -0.15) is 0 Å². The highest BCUT2D eigenvalue weighted by Crippen LogP contribution is 2.00. The quantitative estimate of drug-likeness (QED) is 0.513. The molecule has 0 heterocycles. The first kappa shape index (κ1) is 11.2.